The molecule has 0 unspecified atom stereocenters. The summed E-state index contributed by atoms with van der Waals surface area (Å²) in [7, 11) is 0. The minimum absolute atomic E-state index is 0.166. The predicted octanol–water partition coefficient (Wildman–Crippen LogP) is 4.32. The second-order valence-electron chi connectivity index (χ2n) is 10.2. The Morgan fingerprint density at radius 2 is 1.89 bits per heavy atom. The number of aromatic amines is 1. The number of benzene rings is 1. The van der Waals surface area contributed by atoms with E-state index in [1.54, 1.807) is 0 Å². The van der Waals surface area contributed by atoms with Crippen LogP contribution in [0.1, 0.15) is 53.5 Å². The van der Waals surface area contributed by atoms with E-state index in [-0.39, 0.29) is 18.0 Å². The number of nitrogens with one attached hydrogen (secondary N) is 3. The molecule has 8 nitrogen and oxygen atoms in total. The Labute approximate surface area is 223 Å². The van der Waals surface area contributed by atoms with Crippen molar-refractivity contribution in [2.45, 2.75) is 46.7 Å². The number of fused-ring (bicyclic) bond motifs is 1. The van der Waals surface area contributed by atoms with Gasteiger partial charge in [-0.2, -0.15) is 0 Å². The zero-order valence-electron chi connectivity index (χ0n) is 22.6. The van der Waals surface area contributed by atoms with Gasteiger partial charge in [-0.05, 0) is 74.7 Å². The molecular weight excluding hydrogens is 476 g/mol. The lowest BCUT2D eigenvalue weighted by atomic mass is 10.00. The van der Waals surface area contributed by atoms with Gasteiger partial charge in [0.15, 0.2) is 0 Å². The summed E-state index contributed by atoms with van der Waals surface area (Å²) in [5.74, 6) is 0.763. The molecule has 198 valence electrons. The SMILES string of the molecule is CC[C@@H](C)n1ccc2c(C(=O)NCc3c(C)cc(C)[nH]c3=O)cc(-c3ccc(N4CCNCC4)nc3)cc21. The first-order chi connectivity index (χ1) is 18.4. The lowest BCUT2D eigenvalue weighted by molar-refractivity contribution is 0.0952. The second kappa shape index (κ2) is 10.8. The summed E-state index contributed by atoms with van der Waals surface area (Å²) in [5.41, 5.74) is 5.58. The Hall–Kier alpha value is -3.91. The summed E-state index contributed by atoms with van der Waals surface area (Å²) in [6.45, 7) is 12.0. The Kier molecular flexibility index (Phi) is 7.33. The monoisotopic (exact) mass is 512 g/mol. The molecule has 3 N–H and O–H groups in total. The molecule has 0 spiro atoms. The van der Waals surface area contributed by atoms with Gasteiger partial charge >= 0.3 is 0 Å². The van der Waals surface area contributed by atoms with Gasteiger partial charge < -0.3 is 25.1 Å². The lowest BCUT2D eigenvalue weighted by Gasteiger charge is -2.28. The van der Waals surface area contributed by atoms with Crippen molar-refractivity contribution in [2.24, 2.45) is 0 Å². The summed E-state index contributed by atoms with van der Waals surface area (Å²) in [4.78, 5) is 35.9. The topological polar surface area (TPSA) is 95.0 Å². The van der Waals surface area contributed by atoms with Crippen molar-refractivity contribution < 1.29 is 4.79 Å². The molecule has 3 aromatic heterocycles. The van der Waals surface area contributed by atoms with Crippen LogP contribution in [0, 0.1) is 13.8 Å². The van der Waals surface area contributed by atoms with Crippen molar-refractivity contribution in [1.29, 1.82) is 0 Å². The average molecular weight is 513 g/mol. The first kappa shape index (κ1) is 25.7. The Bertz CT molecular complexity index is 1510. The third kappa shape index (κ3) is 5.09. The molecule has 4 heterocycles. The molecule has 1 atom stereocenters. The van der Waals surface area contributed by atoms with Crippen LogP contribution in [-0.2, 0) is 6.54 Å². The fraction of sp³-hybridized carbons (Fsp3) is 0.367. The van der Waals surface area contributed by atoms with Gasteiger partial charge in [0.2, 0.25) is 0 Å². The third-order valence-corrected chi connectivity index (χ3v) is 7.59. The van der Waals surface area contributed by atoms with E-state index in [4.69, 9.17) is 4.98 Å². The summed E-state index contributed by atoms with van der Waals surface area (Å²) >= 11 is 0. The molecule has 5 rings (SSSR count). The van der Waals surface area contributed by atoms with Crippen molar-refractivity contribution in [3.05, 3.63) is 81.5 Å². The summed E-state index contributed by atoms with van der Waals surface area (Å²) in [6.07, 6.45) is 4.93. The number of H-pyrrole nitrogens is 1. The van der Waals surface area contributed by atoms with E-state index in [1.807, 2.05) is 38.2 Å². The number of aromatic nitrogens is 3. The van der Waals surface area contributed by atoms with Gasteiger partial charge in [-0.15, -0.1) is 0 Å². The van der Waals surface area contributed by atoms with Crippen LogP contribution in [0.3, 0.4) is 0 Å². The highest BCUT2D eigenvalue weighted by Crippen LogP contribution is 2.31. The van der Waals surface area contributed by atoms with Crippen molar-refractivity contribution in [2.75, 3.05) is 31.1 Å². The Morgan fingerprint density at radius 3 is 2.58 bits per heavy atom. The number of amides is 1. The van der Waals surface area contributed by atoms with Crippen LogP contribution in [0.25, 0.3) is 22.0 Å². The van der Waals surface area contributed by atoms with E-state index in [0.717, 1.165) is 71.7 Å². The summed E-state index contributed by atoms with van der Waals surface area (Å²) < 4.78 is 2.23. The van der Waals surface area contributed by atoms with Gasteiger partial charge in [0, 0.05) is 84.4 Å². The lowest BCUT2D eigenvalue weighted by Crippen LogP contribution is -2.43. The van der Waals surface area contributed by atoms with E-state index in [2.05, 4.69) is 63.3 Å². The molecule has 0 aliphatic carbocycles. The standard InChI is InChI=1S/C30H36N6O2/c1-5-21(4)36-11-8-24-25(29(37)33-18-26-19(2)14-20(3)34-30(26)38)15-23(16-27(24)36)22-6-7-28(32-17-22)35-12-9-31-10-13-35/h6-8,11,14-17,21,31H,5,9-10,12-13,18H2,1-4H3,(H,33,37)(H,34,38)/t21-/m1/s1. The highest BCUT2D eigenvalue weighted by Gasteiger charge is 2.18. The molecule has 0 radical (unpaired) electrons. The van der Waals surface area contributed by atoms with Crippen LogP contribution in [0.15, 0.2) is 53.6 Å². The number of pyridine rings is 2. The van der Waals surface area contributed by atoms with Gasteiger partial charge in [0.05, 0.1) is 0 Å². The number of hydrogen-bond donors (Lipinski definition) is 3. The summed E-state index contributed by atoms with van der Waals surface area (Å²) in [6, 6.07) is 12.5. The molecule has 8 heteroatoms. The number of nitrogens with zero attached hydrogens (tertiary/aromatic N) is 3. The quantitative estimate of drug-likeness (QED) is 0.343. The average Bonchev–Trinajstić information content (AvgIpc) is 3.36. The molecule has 1 saturated heterocycles. The van der Waals surface area contributed by atoms with Gasteiger partial charge in [-0.1, -0.05) is 6.92 Å². The minimum Gasteiger partial charge on any atom is -0.354 e. The van der Waals surface area contributed by atoms with Crippen molar-refractivity contribution in [3.63, 3.8) is 0 Å². The highest BCUT2D eigenvalue weighted by molar-refractivity contribution is 6.08. The molecule has 0 bridgehead atoms. The van der Waals surface area contributed by atoms with E-state index in [9.17, 15) is 9.59 Å². The van der Waals surface area contributed by atoms with Gasteiger partial charge in [0.25, 0.3) is 11.5 Å². The number of hydrogen-bond acceptors (Lipinski definition) is 5. The molecule has 1 aliphatic heterocycles. The molecule has 4 aromatic rings. The zero-order valence-corrected chi connectivity index (χ0v) is 22.6. The summed E-state index contributed by atoms with van der Waals surface area (Å²) in [5, 5.41) is 7.26. The first-order valence-corrected chi connectivity index (χ1v) is 13.4. The number of piperazine rings is 1. The number of rotatable bonds is 7. The number of aryl methyl sites for hydroxylation is 2. The fourth-order valence-corrected chi connectivity index (χ4v) is 5.20. The largest absolute Gasteiger partial charge is 0.354 e. The van der Waals surface area contributed by atoms with E-state index in [0.29, 0.717) is 17.2 Å². The first-order valence-electron chi connectivity index (χ1n) is 13.4. The van der Waals surface area contributed by atoms with Crippen LogP contribution >= 0.6 is 0 Å². The van der Waals surface area contributed by atoms with Crippen LogP contribution in [0.2, 0.25) is 0 Å². The minimum atomic E-state index is -0.205. The molecular formula is C30H36N6O2. The van der Waals surface area contributed by atoms with Gasteiger partial charge in [-0.25, -0.2) is 4.98 Å². The van der Waals surface area contributed by atoms with E-state index < -0.39 is 0 Å². The van der Waals surface area contributed by atoms with Crippen LogP contribution in [0.5, 0.6) is 0 Å². The van der Waals surface area contributed by atoms with Crippen molar-refractivity contribution in [1.82, 2.24) is 25.2 Å². The number of anilines is 1. The number of carbonyl (C=O) groups is 1. The van der Waals surface area contributed by atoms with Crippen molar-refractivity contribution >= 4 is 22.6 Å². The Balaban J connectivity index is 1.50. The van der Waals surface area contributed by atoms with Gasteiger partial charge in [-0.3, -0.25) is 9.59 Å². The maximum absolute atomic E-state index is 13.6. The third-order valence-electron chi connectivity index (χ3n) is 7.59. The van der Waals surface area contributed by atoms with Crippen molar-refractivity contribution in [3.8, 4) is 11.1 Å². The number of carbonyl (C=O) groups excluding carboxylic acids is 1. The fourth-order valence-electron chi connectivity index (χ4n) is 5.20. The smallest absolute Gasteiger partial charge is 0.253 e. The predicted molar refractivity (Wildman–Crippen MR) is 153 cm³/mol. The molecule has 0 saturated carbocycles. The Morgan fingerprint density at radius 1 is 1.11 bits per heavy atom. The molecule has 1 aliphatic rings. The van der Waals surface area contributed by atoms with Gasteiger partial charge in [0.1, 0.15) is 5.82 Å². The van der Waals surface area contributed by atoms with E-state index in [1.165, 1.54) is 0 Å². The normalized spacial score (nSPS) is 14.6. The van der Waals surface area contributed by atoms with Crippen LogP contribution in [-0.4, -0.2) is 46.6 Å². The van der Waals surface area contributed by atoms with Crippen LogP contribution in [0.4, 0.5) is 5.82 Å². The van der Waals surface area contributed by atoms with Crippen LogP contribution < -0.4 is 21.1 Å². The van der Waals surface area contributed by atoms with E-state index >= 15 is 0 Å². The molecule has 1 amide bonds. The molecule has 1 fully saturated rings. The maximum Gasteiger partial charge on any atom is 0.253 e. The zero-order chi connectivity index (χ0) is 26.8. The maximum atomic E-state index is 13.6. The second-order valence-corrected chi connectivity index (χ2v) is 10.2. The highest BCUT2D eigenvalue weighted by atomic mass is 16.1. The molecule has 38 heavy (non-hydrogen) atoms. The molecule has 1 aromatic carbocycles.